The molecule has 0 N–H and O–H groups in total. The zero-order valence-corrected chi connectivity index (χ0v) is 16.3. The van der Waals surface area contributed by atoms with Gasteiger partial charge in [0.1, 0.15) is 6.04 Å². The quantitative estimate of drug-likeness (QED) is 0.727. The molecule has 0 spiro atoms. The van der Waals surface area contributed by atoms with Crippen molar-refractivity contribution in [2.24, 2.45) is 0 Å². The lowest BCUT2D eigenvalue weighted by molar-refractivity contribution is -0.136. The van der Waals surface area contributed by atoms with Crippen LogP contribution in [0.5, 0.6) is 0 Å². The molecule has 1 aliphatic rings. The van der Waals surface area contributed by atoms with E-state index in [1.54, 1.807) is 23.3 Å². The van der Waals surface area contributed by atoms with E-state index in [1.165, 1.54) is 9.87 Å². The lowest BCUT2D eigenvalue weighted by Crippen LogP contribution is -2.50. The minimum atomic E-state index is -3.45. The van der Waals surface area contributed by atoms with Crippen molar-refractivity contribution in [3.8, 4) is 0 Å². The van der Waals surface area contributed by atoms with Gasteiger partial charge in [-0.25, -0.2) is 8.42 Å². The maximum Gasteiger partial charge on any atom is 0.241 e. The molecule has 1 saturated heterocycles. The first-order chi connectivity index (χ1) is 11.3. The van der Waals surface area contributed by atoms with Gasteiger partial charge in [0.2, 0.25) is 15.9 Å². The van der Waals surface area contributed by atoms with E-state index in [2.05, 4.69) is 11.4 Å². The molecule has 0 saturated carbocycles. The molecule has 0 aromatic carbocycles. The van der Waals surface area contributed by atoms with E-state index < -0.39 is 16.1 Å². The summed E-state index contributed by atoms with van der Waals surface area (Å²) in [4.78, 5) is 14.8. The van der Waals surface area contributed by atoms with Gasteiger partial charge in [-0.15, -0.1) is 0 Å². The van der Waals surface area contributed by atoms with Crippen molar-refractivity contribution in [1.29, 1.82) is 0 Å². The molecule has 0 bridgehead atoms. The van der Waals surface area contributed by atoms with Gasteiger partial charge in [0.05, 0.1) is 12.4 Å². The Hall–Kier alpha value is -0.960. The predicted molar refractivity (Wildman–Crippen MR) is 95.6 cm³/mol. The van der Waals surface area contributed by atoms with Crippen molar-refractivity contribution in [2.45, 2.75) is 44.9 Å². The second-order valence-electron chi connectivity index (χ2n) is 6.25. The van der Waals surface area contributed by atoms with Gasteiger partial charge >= 0.3 is 0 Å². The number of likely N-dealkylation sites (N-methyl/N-ethyl adjacent to an activating group) is 1. The summed E-state index contributed by atoms with van der Waals surface area (Å²) in [5, 5.41) is 4.10. The fraction of sp³-hybridized carbons (Fsp3) is 0.688. The Balaban J connectivity index is 2.16. The Labute approximate surface area is 148 Å². The molecule has 2 heterocycles. The van der Waals surface area contributed by atoms with Gasteiger partial charge in [-0.1, -0.05) is 0 Å². The highest BCUT2D eigenvalue weighted by Gasteiger charge is 2.43. The average Bonchev–Trinajstić information content (AvgIpc) is 3.15. The summed E-state index contributed by atoms with van der Waals surface area (Å²) in [5.41, 5.74) is 1.19. The van der Waals surface area contributed by atoms with Crippen molar-refractivity contribution in [1.82, 2.24) is 9.21 Å². The summed E-state index contributed by atoms with van der Waals surface area (Å²) in [6.45, 7) is 4.72. The number of methoxy groups -OCH3 is 1. The lowest BCUT2D eigenvalue weighted by Gasteiger charge is -2.32. The molecule has 1 fully saturated rings. The maximum atomic E-state index is 13.0. The summed E-state index contributed by atoms with van der Waals surface area (Å²) in [6, 6.07) is 1.40. The molecule has 3 atom stereocenters. The number of hydrogen-bond donors (Lipinski definition) is 0. The molecule has 0 aliphatic carbocycles. The number of nitrogens with zero attached hydrogens (tertiary/aromatic N) is 2. The monoisotopic (exact) mass is 374 g/mol. The largest absolute Gasteiger partial charge is 0.380 e. The van der Waals surface area contributed by atoms with Gasteiger partial charge < -0.3 is 9.64 Å². The first-order valence-electron chi connectivity index (χ1n) is 8.09. The third-order valence-corrected chi connectivity index (χ3v) is 6.52. The van der Waals surface area contributed by atoms with Crippen LogP contribution in [0.15, 0.2) is 16.8 Å². The van der Waals surface area contributed by atoms with Gasteiger partial charge in [0.15, 0.2) is 0 Å². The Morgan fingerprint density at radius 1 is 1.54 bits per heavy atom. The summed E-state index contributed by atoms with van der Waals surface area (Å²) < 4.78 is 30.7. The number of rotatable bonds is 7. The zero-order valence-electron chi connectivity index (χ0n) is 14.6. The van der Waals surface area contributed by atoms with E-state index in [1.807, 2.05) is 19.2 Å². The smallest absolute Gasteiger partial charge is 0.241 e. The summed E-state index contributed by atoms with van der Waals surface area (Å²) in [6.07, 6.45) is 2.09. The van der Waals surface area contributed by atoms with Crippen molar-refractivity contribution in [3.63, 3.8) is 0 Å². The molecule has 1 unspecified atom stereocenters. The fourth-order valence-electron chi connectivity index (χ4n) is 3.27. The highest BCUT2D eigenvalue weighted by Crippen LogP contribution is 2.25. The van der Waals surface area contributed by atoms with E-state index in [9.17, 15) is 13.2 Å². The number of carbonyl (C=O) groups is 1. The van der Waals surface area contributed by atoms with Crippen molar-refractivity contribution < 1.29 is 17.9 Å². The molecule has 2 rings (SSSR count). The van der Waals surface area contributed by atoms with Crippen molar-refractivity contribution >= 4 is 27.3 Å². The summed E-state index contributed by atoms with van der Waals surface area (Å²) in [5.74, 6) is -0.134. The molecular weight excluding hydrogens is 348 g/mol. The molecule has 8 heteroatoms. The van der Waals surface area contributed by atoms with Gasteiger partial charge in [0.25, 0.3) is 0 Å². The standard InChI is InChI=1S/C16H26N2O4S2/c1-5-17(12(2)8-13-6-7-23-11-13)16(19)15-9-14(22-3)10-18(15)24(4,20)21/h6-7,11-12,14-15H,5,8-10H2,1-4H3/t12?,14-,15+/m0/s1. The van der Waals surface area contributed by atoms with E-state index in [0.717, 1.165) is 12.7 Å². The Bertz CT molecular complexity index is 645. The van der Waals surface area contributed by atoms with Crippen LogP contribution in [0.3, 0.4) is 0 Å². The predicted octanol–water partition coefficient (Wildman–Crippen LogP) is 1.58. The van der Waals surface area contributed by atoms with Crippen LogP contribution in [0.2, 0.25) is 0 Å². The van der Waals surface area contributed by atoms with Crippen LogP contribution in [0.1, 0.15) is 25.8 Å². The van der Waals surface area contributed by atoms with Crippen LogP contribution in [-0.4, -0.2) is 68.2 Å². The maximum absolute atomic E-state index is 13.0. The lowest BCUT2D eigenvalue weighted by atomic mass is 10.1. The number of carbonyl (C=O) groups excluding carboxylic acids is 1. The van der Waals surface area contributed by atoms with Crippen LogP contribution >= 0.6 is 11.3 Å². The minimum Gasteiger partial charge on any atom is -0.380 e. The van der Waals surface area contributed by atoms with E-state index in [-0.39, 0.29) is 24.6 Å². The topological polar surface area (TPSA) is 66.9 Å². The summed E-state index contributed by atoms with van der Waals surface area (Å²) in [7, 11) is -1.90. The van der Waals surface area contributed by atoms with Gasteiger partial charge in [-0.2, -0.15) is 15.6 Å². The molecule has 1 amide bonds. The van der Waals surface area contributed by atoms with Crippen LogP contribution < -0.4 is 0 Å². The van der Waals surface area contributed by atoms with Crippen molar-refractivity contribution in [3.05, 3.63) is 22.4 Å². The third-order valence-electron chi connectivity index (χ3n) is 4.53. The highest BCUT2D eigenvalue weighted by atomic mass is 32.2. The number of amides is 1. The molecule has 1 aromatic heterocycles. The zero-order chi connectivity index (χ0) is 17.9. The van der Waals surface area contributed by atoms with Gasteiger partial charge in [-0.3, -0.25) is 4.79 Å². The molecular formula is C16H26N2O4S2. The number of ether oxygens (including phenoxy) is 1. The normalized spacial score (nSPS) is 23.3. The second-order valence-corrected chi connectivity index (χ2v) is 8.97. The van der Waals surface area contributed by atoms with Gasteiger partial charge in [0, 0.05) is 32.7 Å². The number of hydrogen-bond acceptors (Lipinski definition) is 5. The molecule has 1 aliphatic heterocycles. The van der Waals surface area contributed by atoms with Crippen molar-refractivity contribution in [2.75, 3.05) is 26.5 Å². The minimum absolute atomic E-state index is 0.0140. The Morgan fingerprint density at radius 3 is 2.75 bits per heavy atom. The number of thiophene rings is 1. The van der Waals surface area contributed by atoms with Gasteiger partial charge in [-0.05, 0) is 42.7 Å². The molecule has 6 nitrogen and oxygen atoms in total. The van der Waals surface area contributed by atoms with Crippen LogP contribution in [-0.2, 0) is 26.0 Å². The van der Waals surface area contributed by atoms with E-state index >= 15 is 0 Å². The van der Waals surface area contributed by atoms with Crippen LogP contribution in [0.25, 0.3) is 0 Å². The molecule has 1 aromatic rings. The highest BCUT2D eigenvalue weighted by molar-refractivity contribution is 7.88. The second kappa shape index (κ2) is 7.95. The molecule has 24 heavy (non-hydrogen) atoms. The molecule has 0 radical (unpaired) electrons. The fourth-order valence-corrected chi connectivity index (χ4v) is 5.02. The Morgan fingerprint density at radius 2 is 2.25 bits per heavy atom. The SMILES string of the molecule is CCN(C(=O)[C@H]1C[C@H](OC)CN1S(C)(=O)=O)C(C)Cc1ccsc1. The average molecular weight is 375 g/mol. The third kappa shape index (κ3) is 4.36. The number of sulfonamides is 1. The van der Waals surface area contributed by atoms with E-state index in [0.29, 0.717) is 13.0 Å². The Kier molecular flexibility index (Phi) is 6.41. The van der Waals surface area contributed by atoms with Crippen LogP contribution in [0.4, 0.5) is 0 Å². The first kappa shape index (κ1) is 19.4. The van der Waals surface area contributed by atoms with E-state index in [4.69, 9.17) is 4.74 Å². The summed E-state index contributed by atoms with van der Waals surface area (Å²) >= 11 is 1.63. The molecule has 136 valence electrons. The van der Waals surface area contributed by atoms with Crippen LogP contribution in [0, 0.1) is 0 Å². The first-order valence-corrected chi connectivity index (χ1v) is 10.9.